The zero-order valence-electron chi connectivity index (χ0n) is 7.89. The predicted molar refractivity (Wildman–Crippen MR) is 34.0 cm³/mol. The maximum Gasteiger partial charge on any atom is 1.00 e. The van der Waals surface area contributed by atoms with Gasteiger partial charge in [-0.1, -0.05) is 7.60 Å². The normalized spacial score (nSPS) is 12.8. The van der Waals surface area contributed by atoms with Crippen LogP contribution in [0.5, 0.6) is 0 Å². The van der Waals surface area contributed by atoms with Crippen LogP contribution in [0.2, 0.25) is 0 Å². The smallest absolute Gasteiger partial charge is 1.00 e. The number of hydrogen-bond donors (Lipinski definition) is 0. The fourth-order valence-electron chi connectivity index (χ4n) is 0.327. The standard InChI is InChI=1S/C2HF4NO5S2.Li.H/c3-2(4,5)13(9,10)7(1-8)14(6,11)12;;/h1H;;/q;+1;-1. The summed E-state index contributed by atoms with van der Waals surface area (Å²) in [6.07, 6.45) is -1.31. The van der Waals surface area contributed by atoms with E-state index < -0.39 is 36.1 Å². The number of alkyl halides is 3. The zero-order valence-corrected chi connectivity index (χ0v) is 8.53. The first-order valence-electron chi connectivity index (χ1n) is 2.45. The molecule has 86 valence electrons. The van der Waals surface area contributed by atoms with E-state index in [4.69, 9.17) is 0 Å². The van der Waals surface area contributed by atoms with E-state index in [9.17, 15) is 38.7 Å². The monoisotopic (exact) mass is 267 g/mol. The van der Waals surface area contributed by atoms with E-state index in [1.807, 2.05) is 0 Å². The average molecular weight is 267 g/mol. The van der Waals surface area contributed by atoms with E-state index in [0.29, 0.717) is 0 Å². The van der Waals surface area contributed by atoms with Gasteiger partial charge in [-0.15, -0.1) is 0 Å². The van der Waals surface area contributed by atoms with Crippen molar-refractivity contribution in [3.63, 3.8) is 0 Å². The van der Waals surface area contributed by atoms with Gasteiger partial charge in [0, 0.05) is 0 Å². The van der Waals surface area contributed by atoms with Crippen LogP contribution in [0.4, 0.5) is 17.1 Å². The first-order chi connectivity index (χ1) is 5.94. The van der Waals surface area contributed by atoms with Crippen molar-refractivity contribution in [2.75, 3.05) is 0 Å². The molecule has 0 saturated heterocycles. The average Bonchev–Trinajstić information content (AvgIpc) is 1.80. The predicted octanol–water partition coefficient (Wildman–Crippen LogP) is -3.37. The van der Waals surface area contributed by atoms with Gasteiger partial charge in [-0.25, -0.2) is 0 Å². The van der Waals surface area contributed by atoms with Gasteiger partial charge in [-0.05, 0) is 0 Å². The quantitative estimate of drug-likeness (QED) is 0.230. The van der Waals surface area contributed by atoms with Crippen LogP contribution in [0.15, 0.2) is 0 Å². The molecule has 0 radical (unpaired) electrons. The molecule has 0 aliphatic carbocycles. The third kappa shape index (κ3) is 3.63. The van der Waals surface area contributed by atoms with Crippen LogP contribution in [-0.2, 0) is 25.2 Å². The molecule has 0 bridgehead atoms. The molecule has 0 aromatic heterocycles. The summed E-state index contributed by atoms with van der Waals surface area (Å²) in [5, 5.41) is 0. The summed E-state index contributed by atoms with van der Waals surface area (Å²) in [5.41, 5.74) is -6.08. The second-order valence-electron chi connectivity index (χ2n) is 1.72. The molecule has 13 heteroatoms. The fraction of sp³-hybridized carbons (Fsp3) is 0.500. The van der Waals surface area contributed by atoms with Crippen LogP contribution < -0.4 is 18.9 Å². The Bertz CT molecular complexity index is 430. The van der Waals surface area contributed by atoms with E-state index in [1.54, 1.807) is 0 Å². The first-order valence-corrected chi connectivity index (χ1v) is 5.23. The van der Waals surface area contributed by atoms with E-state index in [-0.39, 0.29) is 20.3 Å². The molecule has 0 N–H and O–H groups in total. The molecule has 0 spiro atoms. The molecular weight excluding hydrogens is 265 g/mol. The van der Waals surface area contributed by atoms with Crippen molar-refractivity contribution >= 4 is 26.8 Å². The third-order valence-corrected chi connectivity index (χ3v) is 3.61. The molecule has 0 heterocycles. The minimum atomic E-state index is -6.54. The number of amides is 1. The maximum absolute atomic E-state index is 11.9. The van der Waals surface area contributed by atoms with Crippen LogP contribution in [0.3, 0.4) is 0 Å². The summed E-state index contributed by atoms with van der Waals surface area (Å²) < 4.78 is 84.6. The SMILES string of the molecule is O=CN(S(=O)(=O)F)S(=O)(=O)C(F)(F)F.[H-].[Li+]. The molecule has 0 saturated carbocycles. The van der Waals surface area contributed by atoms with Gasteiger partial charge in [0.1, 0.15) is 0 Å². The van der Waals surface area contributed by atoms with Gasteiger partial charge in [0.05, 0.1) is 0 Å². The summed E-state index contributed by atoms with van der Waals surface area (Å²) in [7, 11) is -12.8. The minimum Gasteiger partial charge on any atom is -1.00 e. The Morgan fingerprint density at radius 1 is 1.13 bits per heavy atom. The molecule has 0 fully saturated rings. The Morgan fingerprint density at radius 3 is 1.53 bits per heavy atom. The van der Waals surface area contributed by atoms with Gasteiger partial charge in [0.2, 0.25) is 6.41 Å². The van der Waals surface area contributed by atoms with Gasteiger partial charge >= 0.3 is 44.8 Å². The second-order valence-corrected chi connectivity index (χ2v) is 4.98. The van der Waals surface area contributed by atoms with Gasteiger partial charge < -0.3 is 1.43 Å². The number of sulfonamides is 1. The van der Waals surface area contributed by atoms with E-state index in [0.717, 1.165) is 0 Å². The van der Waals surface area contributed by atoms with Gasteiger partial charge in [-0.2, -0.15) is 30.0 Å². The molecule has 0 aliphatic rings. The minimum absolute atomic E-state index is 0. The first kappa shape index (κ1) is 17.1. The molecule has 0 aromatic rings. The number of carbonyl (C=O) groups is 1. The van der Waals surface area contributed by atoms with Crippen molar-refractivity contribution in [3.05, 3.63) is 0 Å². The summed E-state index contributed by atoms with van der Waals surface area (Å²) in [6.45, 7) is 0. The Balaban J connectivity index is -0.000000845. The Morgan fingerprint density at radius 2 is 1.47 bits per heavy atom. The summed E-state index contributed by atoms with van der Waals surface area (Å²) in [6, 6.07) is 0. The zero-order chi connectivity index (χ0) is 11.8. The van der Waals surface area contributed by atoms with Crippen LogP contribution >= 0.6 is 0 Å². The molecule has 0 unspecified atom stereocenters. The molecule has 1 amide bonds. The van der Waals surface area contributed by atoms with Crippen molar-refractivity contribution in [1.29, 1.82) is 0 Å². The molecule has 15 heavy (non-hydrogen) atoms. The molecule has 0 aromatic carbocycles. The van der Waals surface area contributed by atoms with Crippen LogP contribution in [0, 0.1) is 0 Å². The maximum atomic E-state index is 11.9. The third-order valence-electron chi connectivity index (χ3n) is 0.830. The number of rotatable bonds is 3. The van der Waals surface area contributed by atoms with Crippen LogP contribution in [0.25, 0.3) is 0 Å². The second kappa shape index (κ2) is 4.68. The van der Waals surface area contributed by atoms with Gasteiger partial charge in [0.25, 0.3) is 0 Å². The molecule has 0 aliphatic heterocycles. The number of hydrogen-bond acceptors (Lipinski definition) is 5. The van der Waals surface area contributed by atoms with E-state index in [2.05, 4.69) is 0 Å². The van der Waals surface area contributed by atoms with Crippen molar-refractivity contribution in [3.8, 4) is 0 Å². The molecule has 0 atom stereocenters. The summed E-state index contributed by atoms with van der Waals surface area (Å²) in [4.78, 5) is 9.67. The van der Waals surface area contributed by atoms with Crippen LogP contribution in [-0.4, -0.2) is 32.5 Å². The number of halogens is 4. The topological polar surface area (TPSA) is 88.6 Å². The summed E-state index contributed by atoms with van der Waals surface area (Å²) >= 11 is 0. The number of nitrogens with zero attached hydrogens (tertiary/aromatic N) is 1. The van der Waals surface area contributed by atoms with Crippen molar-refractivity contribution in [2.45, 2.75) is 5.51 Å². The molecule has 0 rings (SSSR count). The Hall–Kier alpha value is -0.313. The summed E-state index contributed by atoms with van der Waals surface area (Å²) in [5.74, 6) is 0. The molecular formula is C2H2F4LiNO5S2. The van der Waals surface area contributed by atoms with Crippen LogP contribution in [0.1, 0.15) is 1.43 Å². The fourth-order valence-corrected chi connectivity index (χ4v) is 1.94. The number of carbonyl (C=O) groups excluding carboxylic acids is 1. The van der Waals surface area contributed by atoms with Gasteiger partial charge in [-0.3, -0.25) is 4.79 Å². The van der Waals surface area contributed by atoms with Gasteiger partial charge in [0.15, 0.2) is 0 Å². The Labute approximate surface area is 95.3 Å². The van der Waals surface area contributed by atoms with Crippen molar-refractivity contribution < 1.29 is 59.0 Å². The molecule has 6 nitrogen and oxygen atoms in total. The van der Waals surface area contributed by atoms with Crippen molar-refractivity contribution in [2.24, 2.45) is 0 Å². The largest absolute Gasteiger partial charge is 1.00 e. The van der Waals surface area contributed by atoms with Crippen molar-refractivity contribution in [1.82, 2.24) is 3.71 Å². The Kier molecular flexibility index (Phi) is 5.34. The van der Waals surface area contributed by atoms with E-state index >= 15 is 0 Å². The van der Waals surface area contributed by atoms with E-state index in [1.165, 1.54) is 0 Å².